The van der Waals surface area contributed by atoms with Crippen LogP contribution in [0.2, 0.25) is 0 Å². The average molecular weight is 230 g/mol. The molecule has 0 saturated carbocycles. The number of likely N-dealkylation sites (N-methyl/N-ethyl adjacent to an activating group) is 1. The molecular formula is C9H12BrNO. The molecule has 1 aliphatic rings. The zero-order chi connectivity index (χ0) is 8.72. The number of nitrogens with zero attached hydrogens (tertiary/aromatic N) is 1. The molecule has 0 fully saturated rings. The quantitative estimate of drug-likeness (QED) is 0.681. The fourth-order valence-corrected chi connectivity index (χ4v) is 2.10. The highest BCUT2D eigenvalue weighted by molar-refractivity contribution is 9.10. The smallest absolute Gasteiger partial charge is 0.169 e. The molecule has 0 amide bonds. The summed E-state index contributed by atoms with van der Waals surface area (Å²) in [5, 5.41) is 0. The lowest BCUT2D eigenvalue weighted by Crippen LogP contribution is -2.29. The van der Waals surface area contributed by atoms with Crippen LogP contribution in [0.5, 0.6) is 0 Å². The molecule has 0 bridgehead atoms. The number of fused-ring (bicyclic) bond motifs is 1. The van der Waals surface area contributed by atoms with Crippen LogP contribution in [0, 0.1) is 0 Å². The van der Waals surface area contributed by atoms with E-state index < -0.39 is 0 Å². The molecule has 2 heterocycles. The Balaban J connectivity index is 2.41. The molecule has 0 aliphatic carbocycles. The van der Waals surface area contributed by atoms with Gasteiger partial charge in [-0.1, -0.05) is 0 Å². The maximum absolute atomic E-state index is 5.56. The summed E-state index contributed by atoms with van der Waals surface area (Å²) in [6, 6.07) is 2.50. The van der Waals surface area contributed by atoms with Crippen LogP contribution in [-0.2, 0) is 6.42 Å². The summed E-state index contributed by atoms with van der Waals surface area (Å²) in [4.78, 5) is 2.30. The summed E-state index contributed by atoms with van der Waals surface area (Å²) in [7, 11) is 2.13. The van der Waals surface area contributed by atoms with Crippen molar-refractivity contribution in [1.82, 2.24) is 4.90 Å². The van der Waals surface area contributed by atoms with E-state index in [0.29, 0.717) is 6.04 Å². The van der Waals surface area contributed by atoms with Crippen LogP contribution in [0.25, 0.3) is 0 Å². The molecule has 1 unspecified atom stereocenters. The Morgan fingerprint density at radius 1 is 1.67 bits per heavy atom. The molecule has 66 valence electrons. The summed E-state index contributed by atoms with van der Waals surface area (Å²) >= 11 is 3.35. The predicted octanol–water partition coefficient (Wildman–Crippen LogP) is 2.59. The van der Waals surface area contributed by atoms with Gasteiger partial charge in [0.2, 0.25) is 0 Å². The van der Waals surface area contributed by atoms with Gasteiger partial charge in [-0.05, 0) is 48.0 Å². The maximum atomic E-state index is 5.56. The third kappa shape index (κ3) is 1.21. The van der Waals surface area contributed by atoms with E-state index >= 15 is 0 Å². The standard InChI is InChI=1S/C9H12BrNO/c1-6-9-7(3-4-11(6)2)5-8(10)12-9/h5-6H,3-4H2,1-2H3. The predicted molar refractivity (Wildman–Crippen MR) is 51.2 cm³/mol. The van der Waals surface area contributed by atoms with Gasteiger partial charge in [-0.25, -0.2) is 0 Å². The summed E-state index contributed by atoms with van der Waals surface area (Å²) in [5.74, 6) is 1.12. The van der Waals surface area contributed by atoms with Crippen LogP contribution in [0.15, 0.2) is 15.2 Å². The van der Waals surface area contributed by atoms with E-state index in [4.69, 9.17) is 4.42 Å². The van der Waals surface area contributed by atoms with Gasteiger partial charge < -0.3 is 4.42 Å². The monoisotopic (exact) mass is 229 g/mol. The van der Waals surface area contributed by atoms with E-state index in [1.165, 1.54) is 5.56 Å². The molecule has 1 aromatic heterocycles. The zero-order valence-corrected chi connectivity index (χ0v) is 8.89. The minimum Gasteiger partial charge on any atom is -0.452 e. The Kier molecular flexibility index (Phi) is 2.00. The van der Waals surface area contributed by atoms with Gasteiger partial charge in [-0.15, -0.1) is 0 Å². The fourth-order valence-electron chi connectivity index (χ4n) is 1.65. The van der Waals surface area contributed by atoms with Gasteiger partial charge in [0.05, 0.1) is 6.04 Å². The van der Waals surface area contributed by atoms with E-state index in [2.05, 4.69) is 40.9 Å². The zero-order valence-electron chi connectivity index (χ0n) is 7.30. The van der Waals surface area contributed by atoms with Crippen molar-refractivity contribution in [2.75, 3.05) is 13.6 Å². The second-order valence-corrected chi connectivity index (χ2v) is 4.13. The first-order valence-corrected chi connectivity index (χ1v) is 4.96. The molecule has 1 aliphatic heterocycles. The van der Waals surface area contributed by atoms with Crippen LogP contribution in [-0.4, -0.2) is 18.5 Å². The number of rotatable bonds is 0. The highest BCUT2D eigenvalue weighted by Crippen LogP contribution is 2.32. The maximum Gasteiger partial charge on any atom is 0.169 e. The molecule has 0 radical (unpaired) electrons. The number of halogens is 1. The Labute approximate surface area is 80.7 Å². The third-order valence-corrected chi connectivity index (χ3v) is 2.98. The minimum absolute atomic E-state index is 0.417. The van der Waals surface area contributed by atoms with E-state index in [1.807, 2.05) is 0 Å². The molecule has 3 heteroatoms. The average Bonchev–Trinajstić information content (AvgIpc) is 2.39. The van der Waals surface area contributed by atoms with Gasteiger partial charge in [0.25, 0.3) is 0 Å². The first-order chi connectivity index (χ1) is 5.68. The third-order valence-electron chi connectivity index (χ3n) is 2.59. The van der Waals surface area contributed by atoms with Crippen molar-refractivity contribution in [3.8, 4) is 0 Å². The Hall–Kier alpha value is -0.280. The molecule has 0 N–H and O–H groups in total. The van der Waals surface area contributed by atoms with Gasteiger partial charge >= 0.3 is 0 Å². The van der Waals surface area contributed by atoms with E-state index in [0.717, 1.165) is 23.4 Å². The first-order valence-electron chi connectivity index (χ1n) is 4.17. The molecule has 2 nitrogen and oxygen atoms in total. The summed E-state index contributed by atoms with van der Waals surface area (Å²) in [6.45, 7) is 3.30. The number of furan rings is 1. The van der Waals surface area contributed by atoms with Crippen molar-refractivity contribution in [3.05, 3.63) is 22.1 Å². The highest BCUT2D eigenvalue weighted by atomic mass is 79.9. The van der Waals surface area contributed by atoms with E-state index in [1.54, 1.807) is 0 Å². The van der Waals surface area contributed by atoms with Crippen LogP contribution >= 0.6 is 15.9 Å². The molecule has 1 atom stereocenters. The Morgan fingerprint density at radius 3 is 3.17 bits per heavy atom. The highest BCUT2D eigenvalue weighted by Gasteiger charge is 2.24. The first kappa shape index (κ1) is 8.32. The van der Waals surface area contributed by atoms with Crippen molar-refractivity contribution < 1.29 is 4.42 Å². The van der Waals surface area contributed by atoms with Crippen molar-refractivity contribution >= 4 is 15.9 Å². The summed E-state index contributed by atoms with van der Waals surface area (Å²) in [6.07, 6.45) is 1.10. The van der Waals surface area contributed by atoms with Crippen LogP contribution in [0.1, 0.15) is 24.3 Å². The topological polar surface area (TPSA) is 16.4 Å². The van der Waals surface area contributed by atoms with Crippen LogP contribution in [0.3, 0.4) is 0 Å². The minimum atomic E-state index is 0.417. The summed E-state index contributed by atoms with van der Waals surface area (Å²) < 4.78 is 6.42. The fraction of sp³-hybridized carbons (Fsp3) is 0.556. The van der Waals surface area contributed by atoms with E-state index in [-0.39, 0.29) is 0 Å². The lowest BCUT2D eigenvalue weighted by atomic mass is 10.0. The Bertz CT molecular complexity index is 295. The Morgan fingerprint density at radius 2 is 2.42 bits per heavy atom. The molecule has 0 spiro atoms. The number of hydrogen-bond donors (Lipinski definition) is 0. The SMILES string of the molecule is CC1c2oc(Br)cc2CCN1C. The molecule has 0 aromatic carbocycles. The van der Waals surface area contributed by atoms with Gasteiger partial charge in [-0.2, -0.15) is 0 Å². The van der Waals surface area contributed by atoms with Gasteiger partial charge in [0.1, 0.15) is 5.76 Å². The largest absolute Gasteiger partial charge is 0.452 e. The lowest BCUT2D eigenvalue weighted by Gasteiger charge is -2.28. The van der Waals surface area contributed by atoms with Crippen molar-refractivity contribution in [2.45, 2.75) is 19.4 Å². The molecular weight excluding hydrogens is 218 g/mol. The second kappa shape index (κ2) is 2.89. The van der Waals surface area contributed by atoms with Crippen LogP contribution in [0.4, 0.5) is 0 Å². The summed E-state index contributed by atoms with van der Waals surface area (Å²) in [5.41, 5.74) is 1.35. The molecule has 12 heavy (non-hydrogen) atoms. The van der Waals surface area contributed by atoms with Crippen molar-refractivity contribution in [1.29, 1.82) is 0 Å². The molecule has 2 rings (SSSR count). The van der Waals surface area contributed by atoms with Gasteiger partial charge in [-0.3, -0.25) is 4.90 Å². The molecule has 0 saturated heterocycles. The van der Waals surface area contributed by atoms with E-state index in [9.17, 15) is 0 Å². The van der Waals surface area contributed by atoms with Gasteiger partial charge in [0, 0.05) is 6.54 Å². The van der Waals surface area contributed by atoms with Crippen molar-refractivity contribution in [2.24, 2.45) is 0 Å². The van der Waals surface area contributed by atoms with Crippen molar-refractivity contribution in [3.63, 3.8) is 0 Å². The number of hydrogen-bond acceptors (Lipinski definition) is 2. The van der Waals surface area contributed by atoms with Crippen LogP contribution < -0.4 is 0 Å². The normalized spacial score (nSPS) is 24.1. The molecule has 1 aromatic rings. The second-order valence-electron chi connectivity index (χ2n) is 3.35. The van der Waals surface area contributed by atoms with Gasteiger partial charge in [0.15, 0.2) is 4.67 Å². The lowest BCUT2D eigenvalue weighted by molar-refractivity contribution is 0.213.